The number of nitrogens with zero attached hydrogens (tertiary/aromatic N) is 1. The summed E-state index contributed by atoms with van der Waals surface area (Å²) in [5.74, 6) is 2.27. The van der Waals surface area contributed by atoms with Gasteiger partial charge in [-0.25, -0.2) is 4.98 Å². The van der Waals surface area contributed by atoms with Crippen molar-refractivity contribution in [1.82, 2.24) is 4.98 Å². The van der Waals surface area contributed by atoms with Crippen molar-refractivity contribution in [2.24, 2.45) is 0 Å². The monoisotopic (exact) mass is 336 g/mol. The van der Waals surface area contributed by atoms with Gasteiger partial charge in [-0.1, -0.05) is 6.07 Å². The molecule has 0 saturated heterocycles. The largest absolute Gasteiger partial charge is 0.493 e. The predicted octanol–water partition coefficient (Wildman–Crippen LogP) is 3.86. The Kier molecular flexibility index (Phi) is 5.24. The third-order valence-electron chi connectivity index (χ3n) is 2.72. The number of hydrogen-bond donors (Lipinski definition) is 1. The number of methoxy groups -OCH3 is 1. The van der Waals surface area contributed by atoms with Crippen molar-refractivity contribution in [3.8, 4) is 11.5 Å². The number of benzene rings is 1. The third-order valence-corrected chi connectivity index (χ3v) is 3.34. The number of halogens is 1. The van der Waals surface area contributed by atoms with Crippen LogP contribution in [0.1, 0.15) is 12.5 Å². The lowest BCUT2D eigenvalue weighted by Gasteiger charge is -2.12. The van der Waals surface area contributed by atoms with Crippen molar-refractivity contribution in [1.29, 1.82) is 0 Å². The van der Waals surface area contributed by atoms with Crippen LogP contribution in [0.2, 0.25) is 0 Å². The molecular weight excluding hydrogens is 320 g/mol. The Bertz CT molecular complexity index is 576. The van der Waals surface area contributed by atoms with Crippen molar-refractivity contribution in [2.45, 2.75) is 13.5 Å². The van der Waals surface area contributed by atoms with Gasteiger partial charge in [-0.15, -0.1) is 0 Å². The number of pyridine rings is 1. The normalized spacial score (nSPS) is 10.2. The molecular formula is C15H17BrN2O2. The number of nitrogens with one attached hydrogen (secondary N) is 1. The summed E-state index contributed by atoms with van der Waals surface area (Å²) in [6.45, 7) is 3.34. The Morgan fingerprint density at radius 1 is 1.30 bits per heavy atom. The summed E-state index contributed by atoms with van der Waals surface area (Å²) in [5.41, 5.74) is 1.05. The SMILES string of the molecule is CCNc1cc(COc2c(Br)cccc2OC)ccn1. The van der Waals surface area contributed by atoms with Crippen LogP contribution in [0.4, 0.5) is 5.82 Å². The van der Waals surface area contributed by atoms with Gasteiger partial charge in [0.2, 0.25) is 0 Å². The average molecular weight is 337 g/mol. The Morgan fingerprint density at radius 2 is 2.15 bits per heavy atom. The molecule has 0 saturated carbocycles. The maximum atomic E-state index is 5.85. The molecule has 1 heterocycles. The average Bonchev–Trinajstić information content (AvgIpc) is 2.46. The molecule has 0 aliphatic heterocycles. The molecule has 0 radical (unpaired) electrons. The van der Waals surface area contributed by atoms with Gasteiger partial charge < -0.3 is 14.8 Å². The molecule has 0 atom stereocenters. The fraction of sp³-hybridized carbons (Fsp3) is 0.267. The van der Waals surface area contributed by atoms with Gasteiger partial charge in [0.25, 0.3) is 0 Å². The van der Waals surface area contributed by atoms with Crippen LogP contribution in [0.3, 0.4) is 0 Å². The van der Waals surface area contributed by atoms with Gasteiger partial charge in [-0.3, -0.25) is 0 Å². The summed E-state index contributed by atoms with van der Waals surface area (Å²) < 4.78 is 12.0. The predicted molar refractivity (Wildman–Crippen MR) is 83.4 cm³/mol. The van der Waals surface area contributed by atoms with Gasteiger partial charge >= 0.3 is 0 Å². The minimum atomic E-state index is 0.458. The summed E-state index contributed by atoms with van der Waals surface area (Å²) in [6.07, 6.45) is 1.77. The summed E-state index contributed by atoms with van der Waals surface area (Å²) in [4.78, 5) is 4.23. The van der Waals surface area contributed by atoms with Crippen molar-refractivity contribution in [2.75, 3.05) is 19.0 Å². The molecule has 0 aliphatic carbocycles. The number of ether oxygens (including phenoxy) is 2. The van der Waals surface area contributed by atoms with Crippen LogP contribution < -0.4 is 14.8 Å². The molecule has 1 N–H and O–H groups in total. The highest BCUT2D eigenvalue weighted by Gasteiger charge is 2.08. The first-order valence-electron chi connectivity index (χ1n) is 6.38. The first kappa shape index (κ1) is 14.7. The second-order valence-electron chi connectivity index (χ2n) is 4.14. The summed E-state index contributed by atoms with van der Waals surface area (Å²) >= 11 is 3.47. The molecule has 0 bridgehead atoms. The van der Waals surface area contributed by atoms with Gasteiger partial charge in [0.1, 0.15) is 12.4 Å². The molecule has 0 amide bonds. The van der Waals surface area contributed by atoms with E-state index in [0.29, 0.717) is 18.1 Å². The van der Waals surface area contributed by atoms with Crippen molar-refractivity contribution in [3.63, 3.8) is 0 Å². The Morgan fingerprint density at radius 3 is 2.90 bits per heavy atom. The van der Waals surface area contributed by atoms with E-state index in [1.165, 1.54) is 0 Å². The van der Waals surface area contributed by atoms with Crippen LogP contribution in [0.5, 0.6) is 11.5 Å². The summed E-state index contributed by atoms with van der Waals surface area (Å²) in [6, 6.07) is 9.62. The summed E-state index contributed by atoms with van der Waals surface area (Å²) in [5, 5.41) is 3.18. The van der Waals surface area contributed by atoms with Crippen LogP contribution in [0, 0.1) is 0 Å². The fourth-order valence-electron chi connectivity index (χ4n) is 1.79. The quantitative estimate of drug-likeness (QED) is 0.869. The van der Waals surface area contributed by atoms with Crippen LogP contribution in [-0.4, -0.2) is 18.6 Å². The van der Waals surface area contributed by atoms with E-state index < -0.39 is 0 Å². The molecule has 5 heteroatoms. The molecule has 20 heavy (non-hydrogen) atoms. The molecule has 2 rings (SSSR count). The molecule has 2 aromatic rings. The van der Waals surface area contributed by atoms with Crippen molar-refractivity contribution in [3.05, 3.63) is 46.6 Å². The zero-order valence-electron chi connectivity index (χ0n) is 11.5. The lowest BCUT2D eigenvalue weighted by atomic mass is 10.2. The van der Waals surface area contributed by atoms with E-state index in [0.717, 1.165) is 22.4 Å². The van der Waals surface area contributed by atoms with Gasteiger partial charge in [-0.2, -0.15) is 0 Å². The van der Waals surface area contributed by atoms with Crippen molar-refractivity contribution < 1.29 is 9.47 Å². The molecule has 4 nitrogen and oxygen atoms in total. The van der Waals surface area contributed by atoms with E-state index in [9.17, 15) is 0 Å². The van der Waals surface area contributed by atoms with E-state index in [2.05, 4.69) is 26.2 Å². The molecule has 0 spiro atoms. The maximum Gasteiger partial charge on any atom is 0.175 e. The minimum absolute atomic E-state index is 0.458. The van der Waals surface area contributed by atoms with Crippen LogP contribution in [0.25, 0.3) is 0 Å². The van der Waals surface area contributed by atoms with Gasteiger partial charge in [0, 0.05) is 12.7 Å². The van der Waals surface area contributed by atoms with Crippen molar-refractivity contribution >= 4 is 21.7 Å². The molecule has 0 aliphatic rings. The van der Waals surface area contributed by atoms with E-state index in [1.807, 2.05) is 37.3 Å². The van der Waals surface area contributed by atoms with Crippen LogP contribution >= 0.6 is 15.9 Å². The van der Waals surface area contributed by atoms with Gasteiger partial charge in [-0.05, 0) is 52.7 Å². The van der Waals surface area contributed by atoms with Crippen LogP contribution in [-0.2, 0) is 6.61 Å². The smallest absolute Gasteiger partial charge is 0.175 e. The minimum Gasteiger partial charge on any atom is -0.493 e. The zero-order chi connectivity index (χ0) is 14.4. The van der Waals surface area contributed by atoms with Gasteiger partial charge in [0.15, 0.2) is 11.5 Å². The number of hydrogen-bond acceptors (Lipinski definition) is 4. The van der Waals surface area contributed by atoms with E-state index in [1.54, 1.807) is 13.3 Å². The highest BCUT2D eigenvalue weighted by Crippen LogP contribution is 2.35. The number of para-hydroxylation sites is 1. The fourth-order valence-corrected chi connectivity index (χ4v) is 2.25. The molecule has 0 fully saturated rings. The number of aromatic nitrogens is 1. The van der Waals surface area contributed by atoms with Crippen LogP contribution in [0.15, 0.2) is 41.0 Å². The molecule has 0 unspecified atom stereocenters. The second-order valence-corrected chi connectivity index (χ2v) is 4.99. The van der Waals surface area contributed by atoms with E-state index in [4.69, 9.17) is 9.47 Å². The Hall–Kier alpha value is -1.75. The lowest BCUT2D eigenvalue weighted by molar-refractivity contribution is 0.282. The maximum absolute atomic E-state index is 5.85. The number of rotatable bonds is 6. The first-order chi connectivity index (χ1) is 9.74. The third kappa shape index (κ3) is 3.63. The first-order valence-corrected chi connectivity index (χ1v) is 7.18. The summed E-state index contributed by atoms with van der Waals surface area (Å²) in [7, 11) is 1.63. The van der Waals surface area contributed by atoms with E-state index >= 15 is 0 Å². The molecule has 1 aromatic heterocycles. The Balaban J connectivity index is 2.10. The second kappa shape index (κ2) is 7.14. The van der Waals surface area contributed by atoms with E-state index in [-0.39, 0.29) is 0 Å². The zero-order valence-corrected chi connectivity index (χ0v) is 13.1. The highest BCUT2D eigenvalue weighted by molar-refractivity contribution is 9.10. The van der Waals surface area contributed by atoms with Gasteiger partial charge in [0.05, 0.1) is 11.6 Å². The molecule has 1 aromatic carbocycles. The Labute approximate surface area is 127 Å². The lowest BCUT2D eigenvalue weighted by Crippen LogP contribution is -2.02. The number of anilines is 1. The highest BCUT2D eigenvalue weighted by atomic mass is 79.9. The standard InChI is InChI=1S/C15H17BrN2O2/c1-3-17-14-9-11(7-8-18-14)10-20-15-12(16)5-4-6-13(15)19-2/h4-9H,3,10H2,1-2H3,(H,17,18). The topological polar surface area (TPSA) is 43.4 Å². The molecule has 106 valence electrons.